The molecule has 0 bridgehead atoms. The summed E-state index contributed by atoms with van der Waals surface area (Å²) in [5.41, 5.74) is 6.14. The number of fused-ring (bicyclic) bond motifs is 2. The van der Waals surface area contributed by atoms with Gasteiger partial charge in [0, 0.05) is 37.4 Å². The number of aromatic nitrogens is 2. The van der Waals surface area contributed by atoms with E-state index in [2.05, 4.69) is 51.9 Å². The Morgan fingerprint density at radius 1 is 1.16 bits per heavy atom. The van der Waals surface area contributed by atoms with Crippen molar-refractivity contribution in [2.75, 3.05) is 44.2 Å². The highest BCUT2D eigenvalue weighted by Gasteiger charge is 2.26. The molecule has 162 valence electrons. The van der Waals surface area contributed by atoms with E-state index in [1.54, 1.807) is 4.90 Å². The number of imidazole rings is 1. The summed E-state index contributed by atoms with van der Waals surface area (Å²) in [7, 11) is 0. The largest absolute Gasteiger partial charge is 0.482 e. The zero-order chi connectivity index (χ0) is 21.4. The first-order chi connectivity index (χ1) is 15.2. The first-order valence-electron chi connectivity index (χ1n) is 11.1. The van der Waals surface area contributed by atoms with Crippen molar-refractivity contribution in [2.24, 2.45) is 0 Å². The van der Waals surface area contributed by atoms with Gasteiger partial charge in [-0.05, 0) is 63.7 Å². The molecule has 4 heterocycles. The fourth-order valence-corrected chi connectivity index (χ4v) is 4.67. The van der Waals surface area contributed by atoms with Crippen LogP contribution in [0.1, 0.15) is 24.7 Å². The average Bonchev–Trinajstić information content (AvgIpc) is 2.95. The standard InChI is InChI=1S/C24H29N5O2/c1-3-28-19-14-18(8-9-21(19)31-16-23(28)30)24-20(15-27-12-5-10-25-11-13-27)29-17(2)6-4-7-22(29)26-24/h4,6-9,14,25H,3,5,10-13,15-16H2,1-2H3. The molecule has 0 saturated carbocycles. The average molecular weight is 420 g/mol. The highest BCUT2D eigenvalue weighted by Crippen LogP contribution is 2.37. The Morgan fingerprint density at radius 3 is 2.94 bits per heavy atom. The second-order valence-electron chi connectivity index (χ2n) is 8.26. The molecule has 1 aromatic carbocycles. The number of nitrogens with one attached hydrogen (secondary N) is 1. The van der Waals surface area contributed by atoms with E-state index in [4.69, 9.17) is 9.72 Å². The van der Waals surface area contributed by atoms with Gasteiger partial charge >= 0.3 is 0 Å². The van der Waals surface area contributed by atoms with E-state index in [0.29, 0.717) is 6.54 Å². The van der Waals surface area contributed by atoms with Gasteiger partial charge in [0.1, 0.15) is 11.4 Å². The van der Waals surface area contributed by atoms with Crippen molar-refractivity contribution in [3.8, 4) is 17.0 Å². The normalized spacial score (nSPS) is 17.5. The van der Waals surface area contributed by atoms with E-state index >= 15 is 0 Å². The molecular weight excluding hydrogens is 390 g/mol. The number of hydrogen-bond donors (Lipinski definition) is 1. The fourth-order valence-electron chi connectivity index (χ4n) is 4.67. The maximum Gasteiger partial charge on any atom is 0.265 e. The maximum atomic E-state index is 12.4. The molecule has 7 nitrogen and oxygen atoms in total. The number of anilines is 1. The molecule has 0 radical (unpaired) electrons. The van der Waals surface area contributed by atoms with Crippen LogP contribution in [0.2, 0.25) is 0 Å². The molecule has 0 aliphatic carbocycles. The summed E-state index contributed by atoms with van der Waals surface area (Å²) in [6.07, 6.45) is 1.15. The molecule has 2 aliphatic rings. The summed E-state index contributed by atoms with van der Waals surface area (Å²) in [5.74, 6) is 0.751. The van der Waals surface area contributed by atoms with Crippen LogP contribution >= 0.6 is 0 Å². The number of carbonyl (C=O) groups excluding carboxylic acids is 1. The molecule has 1 saturated heterocycles. The molecule has 0 spiro atoms. The molecule has 1 N–H and O–H groups in total. The van der Waals surface area contributed by atoms with E-state index in [0.717, 1.165) is 67.5 Å². The zero-order valence-corrected chi connectivity index (χ0v) is 18.2. The zero-order valence-electron chi connectivity index (χ0n) is 18.2. The van der Waals surface area contributed by atoms with Gasteiger partial charge in [-0.2, -0.15) is 0 Å². The minimum absolute atomic E-state index is 0.00436. The highest BCUT2D eigenvalue weighted by molar-refractivity contribution is 5.98. The van der Waals surface area contributed by atoms with Crippen LogP contribution < -0.4 is 15.0 Å². The Kier molecular flexibility index (Phi) is 5.38. The van der Waals surface area contributed by atoms with Crippen LogP contribution in [-0.4, -0.2) is 59.5 Å². The Hall–Kier alpha value is -2.90. The van der Waals surface area contributed by atoms with Gasteiger partial charge in [-0.15, -0.1) is 0 Å². The van der Waals surface area contributed by atoms with E-state index < -0.39 is 0 Å². The lowest BCUT2D eigenvalue weighted by molar-refractivity contribution is -0.121. The third-order valence-electron chi connectivity index (χ3n) is 6.23. The minimum Gasteiger partial charge on any atom is -0.482 e. The molecular formula is C24H29N5O2. The number of likely N-dealkylation sites (N-methyl/N-ethyl adjacent to an activating group) is 1. The number of nitrogens with zero attached hydrogens (tertiary/aromatic N) is 4. The quantitative estimate of drug-likeness (QED) is 0.705. The lowest BCUT2D eigenvalue weighted by Gasteiger charge is -2.28. The molecule has 0 unspecified atom stereocenters. The van der Waals surface area contributed by atoms with Crippen LogP contribution in [0.5, 0.6) is 5.75 Å². The van der Waals surface area contributed by atoms with Crippen LogP contribution in [0.25, 0.3) is 16.9 Å². The summed E-state index contributed by atoms with van der Waals surface area (Å²) < 4.78 is 7.94. The molecule has 1 amide bonds. The molecule has 2 aromatic heterocycles. The van der Waals surface area contributed by atoms with E-state index in [-0.39, 0.29) is 12.5 Å². The van der Waals surface area contributed by atoms with Crippen LogP contribution in [0.4, 0.5) is 5.69 Å². The monoisotopic (exact) mass is 419 g/mol. The first kappa shape index (κ1) is 20.0. The fraction of sp³-hybridized carbons (Fsp3) is 0.417. The van der Waals surface area contributed by atoms with Crippen molar-refractivity contribution < 1.29 is 9.53 Å². The number of aryl methyl sites for hydroxylation is 1. The predicted octanol–water partition coefficient (Wildman–Crippen LogP) is 2.85. The number of hydrogen-bond acceptors (Lipinski definition) is 5. The van der Waals surface area contributed by atoms with Crippen LogP contribution in [0.3, 0.4) is 0 Å². The minimum atomic E-state index is -0.00436. The highest BCUT2D eigenvalue weighted by atomic mass is 16.5. The van der Waals surface area contributed by atoms with Gasteiger partial charge in [-0.1, -0.05) is 6.07 Å². The lowest BCUT2D eigenvalue weighted by atomic mass is 10.1. The number of benzene rings is 1. The van der Waals surface area contributed by atoms with E-state index in [1.165, 1.54) is 11.4 Å². The Balaban J connectivity index is 1.62. The lowest BCUT2D eigenvalue weighted by Crippen LogP contribution is -2.38. The molecule has 31 heavy (non-hydrogen) atoms. The first-order valence-corrected chi connectivity index (χ1v) is 11.1. The number of carbonyl (C=O) groups is 1. The number of amides is 1. The van der Waals surface area contributed by atoms with Crippen LogP contribution in [0, 0.1) is 6.92 Å². The Morgan fingerprint density at radius 2 is 2.06 bits per heavy atom. The van der Waals surface area contributed by atoms with Crippen LogP contribution in [0.15, 0.2) is 36.4 Å². The third-order valence-corrected chi connectivity index (χ3v) is 6.23. The van der Waals surface area contributed by atoms with Crippen molar-refractivity contribution >= 4 is 17.2 Å². The molecule has 7 heteroatoms. The summed E-state index contributed by atoms with van der Waals surface area (Å²) in [4.78, 5) is 21.7. The Labute approximate surface area is 182 Å². The molecule has 0 atom stereocenters. The second-order valence-corrected chi connectivity index (χ2v) is 8.26. The molecule has 5 rings (SSSR count). The van der Waals surface area contributed by atoms with Gasteiger partial charge in [-0.25, -0.2) is 4.98 Å². The van der Waals surface area contributed by atoms with Crippen LogP contribution in [-0.2, 0) is 11.3 Å². The van der Waals surface area contributed by atoms with Gasteiger partial charge in [0.2, 0.25) is 0 Å². The smallest absolute Gasteiger partial charge is 0.265 e. The molecule has 2 aliphatic heterocycles. The second kappa shape index (κ2) is 8.32. The van der Waals surface area contributed by atoms with Gasteiger partial charge in [0.25, 0.3) is 5.91 Å². The van der Waals surface area contributed by atoms with Gasteiger partial charge < -0.3 is 15.0 Å². The van der Waals surface area contributed by atoms with Crippen molar-refractivity contribution in [3.05, 3.63) is 47.8 Å². The number of ether oxygens (including phenoxy) is 1. The van der Waals surface area contributed by atoms with E-state index in [1.807, 2.05) is 13.0 Å². The number of rotatable bonds is 4. The van der Waals surface area contributed by atoms with Crippen molar-refractivity contribution in [1.29, 1.82) is 0 Å². The number of pyridine rings is 1. The van der Waals surface area contributed by atoms with Crippen molar-refractivity contribution in [3.63, 3.8) is 0 Å². The van der Waals surface area contributed by atoms with Crippen molar-refractivity contribution in [2.45, 2.75) is 26.8 Å². The Bertz CT molecular complexity index is 1110. The summed E-state index contributed by atoms with van der Waals surface area (Å²) in [6.45, 7) is 9.86. The third kappa shape index (κ3) is 3.68. The summed E-state index contributed by atoms with van der Waals surface area (Å²) in [6, 6.07) is 12.3. The SMILES string of the molecule is CCN1C(=O)COc2ccc(-c3nc4cccc(C)n4c3CN3CCCNCC3)cc21. The molecule has 3 aromatic rings. The predicted molar refractivity (Wildman–Crippen MR) is 122 cm³/mol. The summed E-state index contributed by atoms with van der Waals surface area (Å²) >= 11 is 0. The van der Waals surface area contributed by atoms with Crippen molar-refractivity contribution in [1.82, 2.24) is 19.6 Å². The summed E-state index contributed by atoms with van der Waals surface area (Å²) in [5, 5.41) is 3.49. The molecule has 1 fully saturated rings. The van der Waals surface area contributed by atoms with E-state index in [9.17, 15) is 4.79 Å². The maximum absolute atomic E-state index is 12.4. The van der Waals surface area contributed by atoms with Gasteiger partial charge in [-0.3, -0.25) is 14.1 Å². The van der Waals surface area contributed by atoms with Gasteiger partial charge in [0.05, 0.1) is 17.1 Å². The van der Waals surface area contributed by atoms with Gasteiger partial charge in [0.15, 0.2) is 6.61 Å². The topological polar surface area (TPSA) is 62.1 Å².